The molecular weight excluding hydrogens is 256 g/mol. The molecule has 1 aromatic carbocycles. The van der Waals surface area contributed by atoms with Crippen LogP contribution in [0.1, 0.15) is 10.4 Å². The van der Waals surface area contributed by atoms with E-state index in [0.29, 0.717) is 5.56 Å². The van der Waals surface area contributed by atoms with Crippen molar-refractivity contribution in [3.05, 3.63) is 60.8 Å². The third-order valence-corrected chi connectivity index (χ3v) is 3.01. The zero-order valence-electron chi connectivity index (χ0n) is 10.8. The Morgan fingerprint density at radius 2 is 1.95 bits per heavy atom. The molecule has 1 atom stereocenters. The van der Waals surface area contributed by atoms with Crippen molar-refractivity contribution in [2.45, 2.75) is 6.04 Å². The molecule has 2 rings (SSSR count). The second-order valence-electron chi connectivity index (χ2n) is 4.32. The lowest BCUT2D eigenvalue weighted by atomic mass is 10.0. The molecule has 0 bridgehead atoms. The Morgan fingerprint density at radius 3 is 2.55 bits per heavy atom. The number of piperazine rings is 1. The molecule has 1 aromatic rings. The minimum Gasteiger partial charge on any atom is -0.332 e. The van der Waals surface area contributed by atoms with E-state index in [0.717, 1.165) is 4.90 Å². The van der Waals surface area contributed by atoms with E-state index in [1.54, 1.807) is 30.3 Å². The lowest BCUT2D eigenvalue weighted by Gasteiger charge is -2.32. The molecule has 1 N–H and O–H groups in total. The summed E-state index contributed by atoms with van der Waals surface area (Å²) in [5.74, 6) is -1.46. The summed E-state index contributed by atoms with van der Waals surface area (Å²) < 4.78 is 0. The van der Waals surface area contributed by atoms with Gasteiger partial charge in [0.05, 0.1) is 0 Å². The molecule has 1 fully saturated rings. The van der Waals surface area contributed by atoms with Crippen LogP contribution in [0.15, 0.2) is 55.3 Å². The monoisotopic (exact) mass is 270 g/mol. The maximum atomic E-state index is 12.3. The van der Waals surface area contributed by atoms with Crippen molar-refractivity contribution in [2.75, 3.05) is 6.54 Å². The van der Waals surface area contributed by atoms with Gasteiger partial charge < -0.3 is 10.2 Å². The summed E-state index contributed by atoms with van der Waals surface area (Å²) in [5.41, 5.74) is 0.393. The number of Topliss-reactive ketones (excluding diaryl/α,β-unsaturated/α-hetero) is 1. The van der Waals surface area contributed by atoms with Crippen LogP contribution in [0.4, 0.5) is 0 Å². The van der Waals surface area contributed by atoms with Crippen LogP contribution in [0, 0.1) is 0 Å². The second-order valence-corrected chi connectivity index (χ2v) is 4.32. The maximum absolute atomic E-state index is 12.3. The first-order valence-electron chi connectivity index (χ1n) is 6.07. The van der Waals surface area contributed by atoms with Crippen molar-refractivity contribution in [2.24, 2.45) is 0 Å². The molecule has 20 heavy (non-hydrogen) atoms. The fourth-order valence-corrected chi connectivity index (χ4v) is 1.96. The molecule has 2 amide bonds. The number of nitrogens with zero attached hydrogens (tertiary/aromatic N) is 1. The number of ketones is 1. The van der Waals surface area contributed by atoms with Gasteiger partial charge in [-0.15, -0.1) is 6.58 Å². The Balaban J connectivity index is 2.30. The molecule has 1 heterocycles. The van der Waals surface area contributed by atoms with E-state index in [1.165, 1.54) is 6.08 Å². The number of amides is 2. The molecule has 0 radical (unpaired) electrons. The quantitative estimate of drug-likeness (QED) is 0.382. The number of hydrogen-bond donors (Lipinski definition) is 1. The van der Waals surface area contributed by atoms with Crippen LogP contribution in [0.2, 0.25) is 0 Å². The van der Waals surface area contributed by atoms with Gasteiger partial charge in [-0.1, -0.05) is 43.0 Å². The predicted octanol–water partition coefficient (Wildman–Crippen LogP) is 0.896. The molecule has 5 heteroatoms. The van der Waals surface area contributed by atoms with E-state index in [4.69, 9.17) is 0 Å². The number of nitrogens with one attached hydrogen (secondary N) is 1. The van der Waals surface area contributed by atoms with Crippen molar-refractivity contribution in [3.63, 3.8) is 0 Å². The van der Waals surface area contributed by atoms with E-state index in [2.05, 4.69) is 18.5 Å². The minimum atomic E-state index is -1.21. The highest BCUT2D eigenvalue weighted by molar-refractivity contribution is 6.19. The average Bonchev–Trinajstić information content (AvgIpc) is 2.47. The third kappa shape index (κ3) is 2.38. The van der Waals surface area contributed by atoms with Crippen molar-refractivity contribution in [3.8, 4) is 0 Å². The van der Waals surface area contributed by atoms with E-state index >= 15 is 0 Å². The molecule has 1 aliphatic rings. The van der Waals surface area contributed by atoms with Gasteiger partial charge in [0.15, 0.2) is 11.8 Å². The minimum absolute atomic E-state index is 0.0204. The molecule has 0 unspecified atom stereocenters. The van der Waals surface area contributed by atoms with Gasteiger partial charge in [-0.25, -0.2) is 0 Å². The zero-order valence-corrected chi connectivity index (χ0v) is 10.8. The standard InChI is InChI=1S/C15H14N2O3/c1-3-9-17-10(2)14(19)16-12(15(17)20)13(18)11-7-5-4-6-8-11/h3-8,12H,1-2,9H2,(H,16,19)/t12-/m0/s1. The van der Waals surface area contributed by atoms with Gasteiger partial charge in [0.2, 0.25) is 0 Å². The van der Waals surface area contributed by atoms with Gasteiger partial charge in [0, 0.05) is 12.1 Å². The third-order valence-electron chi connectivity index (χ3n) is 3.01. The normalized spacial score (nSPS) is 18.7. The van der Waals surface area contributed by atoms with E-state index < -0.39 is 23.6 Å². The molecule has 0 aromatic heterocycles. The molecule has 0 spiro atoms. The van der Waals surface area contributed by atoms with Gasteiger partial charge in [0.25, 0.3) is 11.8 Å². The Bertz CT molecular complexity index is 592. The van der Waals surface area contributed by atoms with Crippen molar-refractivity contribution in [1.82, 2.24) is 10.2 Å². The largest absolute Gasteiger partial charge is 0.332 e. The number of benzene rings is 1. The van der Waals surface area contributed by atoms with Crippen LogP contribution in [0.3, 0.4) is 0 Å². The lowest BCUT2D eigenvalue weighted by Crippen LogP contribution is -2.59. The SMILES string of the molecule is C=CCN1C(=C)C(=O)N[C@@H](C(=O)c2ccccc2)C1=O. The molecule has 5 nitrogen and oxygen atoms in total. The average molecular weight is 270 g/mol. The molecule has 102 valence electrons. The second kappa shape index (κ2) is 5.52. The van der Waals surface area contributed by atoms with Crippen LogP contribution in [-0.4, -0.2) is 35.1 Å². The molecule has 0 aliphatic carbocycles. The summed E-state index contributed by atoms with van der Waals surface area (Å²) in [6.07, 6.45) is 1.48. The van der Waals surface area contributed by atoms with Gasteiger partial charge >= 0.3 is 0 Å². The van der Waals surface area contributed by atoms with Gasteiger partial charge in [-0.3, -0.25) is 14.4 Å². The first-order chi connectivity index (χ1) is 9.56. The molecular formula is C15H14N2O3. The molecule has 1 saturated heterocycles. The summed E-state index contributed by atoms with van der Waals surface area (Å²) in [6.45, 7) is 7.21. The number of hydrogen-bond acceptors (Lipinski definition) is 3. The number of carbonyl (C=O) groups excluding carboxylic acids is 3. The highest BCUT2D eigenvalue weighted by Gasteiger charge is 2.39. The van der Waals surface area contributed by atoms with Gasteiger partial charge in [0.1, 0.15) is 5.70 Å². The van der Waals surface area contributed by atoms with Crippen molar-refractivity contribution >= 4 is 17.6 Å². The van der Waals surface area contributed by atoms with Crippen LogP contribution in [-0.2, 0) is 9.59 Å². The molecule has 1 aliphatic heterocycles. The Labute approximate surface area is 116 Å². The van der Waals surface area contributed by atoms with Crippen LogP contribution >= 0.6 is 0 Å². The summed E-state index contributed by atoms with van der Waals surface area (Å²) >= 11 is 0. The van der Waals surface area contributed by atoms with E-state index in [1.807, 2.05) is 0 Å². The summed E-state index contributed by atoms with van der Waals surface area (Å²) in [5, 5.41) is 2.39. The highest BCUT2D eigenvalue weighted by Crippen LogP contribution is 2.15. The summed E-state index contributed by atoms with van der Waals surface area (Å²) in [6, 6.07) is 7.15. The fraction of sp³-hybridized carbons (Fsp3) is 0.133. The van der Waals surface area contributed by atoms with Crippen molar-refractivity contribution in [1.29, 1.82) is 0 Å². The lowest BCUT2D eigenvalue weighted by molar-refractivity contribution is -0.138. The maximum Gasteiger partial charge on any atom is 0.268 e. The first-order valence-corrected chi connectivity index (χ1v) is 6.07. The summed E-state index contributed by atoms with van der Waals surface area (Å²) in [7, 11) is 0. The zero-order chi connectivity index (χ0) is 14.7. The van der Waals surface area contributed by atoms with Crippen LogP contribution in [0.5, 0.6) is 0 Å². The first kappa shape index (κ1) is 13.7. The van der Waals surface area contributed by atoms with Crippen molar-refractivity contribution < 1.29 is 14.4 Å². The predicted molar refractivity (Wildman–Crippen MR) is 73.8 cm³/mol. The Morgan fingerprint density at radius 1 is 1.30 bits per heavy atom. The molecule has 0 saturated carbocycles. The van der Waals surface area contributed by atoms with Gasteiger partial charge in [-0.05, 0) is 0 Å². The fourth-order valence-electron chi connectivity index (χ4n) is 1.96. The number of rotatable bonds is 4. The topological polar surface area (TPSA) is 66.5 Å². The van der Waals surface area contributed by atoms with E-state index in [9.17, 15) is 14.4 Å². The van der Waals surface area contributed by atoms with E-state index in [-0.39, 0.29) is 12.2 Å². The van der Waals surface area contributed by atoms with Gasteiger partial charge in [-0.2, -0.15) is 0 Å². The summed E-state index contributed by atoms with van der Waals surface area (Å²) in [4.78, 5) is 37.5. The van der Waals surface area contributed by atoms with Crippen LogP contribution in [0.25, 0.3) is 0 Å². The smallest absolute Gasteiger partial charge is 0.268 e. The van der Waals surface area contributed by atoms with Crippen LogP contribution < -0.4 is 5.32 Å². The Hall–Kier alpha value is -2.69. The highest BCUT2D eigenvalue weighted by atomic mass is 16.2. The number of carbonyl (C=O) groups is 3. The Kier molecular flexibility index (Phi) is 3.79.